The van der Waals surface area contributed by atoms with E-state index in [1.54, 1.807) is 7.11 Å². The number of hydrogen-bond acceptors (Lipinski definition) is 3. The van der Waals surface area contributed by atoms with Crippen molar-refractivity contribution in [2.75, 3.05) is 40.5 Å². The van der Waals surface area contributed by atoms with Crippen LogP contribution in [-0.4, -0.2) is 51.3 Å². The van der Waals surface area contributed by atoms with Crippen LogP contribution in [-0.2, 0) is 11.3 Å². The Morgan fingerprint density at radius 2 is 2.35 bits per heavy atom. The van der Waals surface area contributed by atoms with Crippen molar-refractivity contribution in [1.82, 2.24) is 10.2 Å². The second-order valence-corrected chi connectivity index (χ2v) is 6.60. The van der Waals surface area contributed by atoms with Gasteiger partial charge in [0.1, 0.15) is 5.75 Å². The Morgan fingerprint density at radius 1 is 1.52 bits per heavy atom. The molecule has 0 spiro atoms. The van der Waals surface area contributed by atoms with Crippen LogP contribution in [0.25, 0.3) is 0 Å². The van der Waals surface area contributed by atoms with Gasteiger partial charge in [0.2, 0.25) is 0 Å². The Hall–Kier alpha value is -1.27. The third kappa shape index (κ3) is 5.39. The average Bonchev–Trinajstić information content (AvgIpc) is 3.04. The van der Waals surface area contributed by atoms with Crippen LogP contribution in [0.4, 0.5) is 0 Å². The molecule has 1 fully saturated rings. The molecule has 6 heteroatoms. The summed E-state index contributed by atoms with van der Waals surface area (Å²) in [6.45, 7) is 6.29. The summed E-state index contributed by atoms with van der Waals surface area (Å²) >= 11 is 3.52. The summed E-state index contributed by atoms with van der Waals surface area (Å²) in [4.78, 5) is 6.95. The lowest BCUT2D eigenvalue weighted by Crippen LogP contribution is -2.41. The van der Waals surface area contributed by atoms with Crippen molar-refractivity contribution >= 4 is 21.9 Å². The van der Waals surface area contributed by atoms with Crippen molar-refractivity contribution in [2.24, 2.45) is 10.9 Å². The van der Waals surface area contributed by atoms with Gasteiger partial charge in [0.25, 0.3) is 0 Å². The molecule has 1 aromatic carbocycles. The molecule has 0 aliphatic carbocycles. The summed E-state index contributed by atoms with van der Waals surface area (Å²) in [7, 11) is 3.76. The van der Waals surface area contributed by atoms with Gasteiger partial charge in [-0.05, 0) is 47.0 Å². The highest BCUT2D eigenvalue weighted by molar-refractivity contribution is 9.10. The Balaban J connectivity index is 2.00. The van der Waals surface area contributed by atoms with Gasteiger partial charge in [-0.3, -0.25) is 0 Å². The zero-order chi connectivity index (χ0) is 16.7. The second kappa shape index (κ2) is 9.13. The van der Waals surface area contributed by atoms with Gasteiger partial charge < -0.3 is 19.7 Å². The molecule has 1 atom stereocenters. The van der Waals surface area contributed by atoms with E-state index in [1.165, 1.54) is 0 Å². The number of nitrogens with one attached hydrogen (secondary N) is 1. The molecule has 1 unspecified atom stereocenters. The first-order valence-electron chi connectivity index (χ1n) is 8.03. The molecule has 0 amide bonds. The van der Waals surface area contributed by atoms with Crippen molar-refractivity contribution < 1.29 is 9.47 Å². The molecular weight excluding hydrogens is 358 g/mol. The highest BCUT2D eigenvalue weighted by atomic mass is 79.9. The molecule has 1 aliphatic heterocycles. The molecule has 0 saturated carbocycles. The number of rotatable bonds is 6. The van der Waals surface area contributed by atoms with E-state index in [9.17, 15) is 0 Å². The first kappa shape index (κ1) is 18.1. The molecule has 1 saturated heterocycles. The standard InChI is InChI=1S/C17H26BrN3O2/c1-4-19-17(21(2)11-14-7-8-23-12-14)20-10-13-5-6-16(22-3)15(18)9-13/h5-6,9,14H,4,7-8,10-12H2,1-3H3,(H,19,20). The molecule has 0 aromatic heterocycles. The van der Waals surface area contributed by atoms with Gasteiger partial charge in [-0.15, -0.1) is 0 Å². The van der Waals surface area contributed by atoms with E-state index >= 15 is 0 Å². The smallest absolute Gasteiger partial charge is 0.193 e. The van der Waals surface area contributed by atoms with Crippen LogP contribution in [0.15, 0.2) is 27.7 Å². The Morgan fingerprint density at radius 3 is 2.96 bits per heavy atom. The fraction of sp³-hybridized carbons (Fsp3) is 0.588. The Bertz CT molecular complexity index is 531. The summed E-state index contributed by atoms with van der Waals surface area (Å²) < 4.78 is 11.7. The molecule has 0 bridgehead atoms. The van der Waals surface area contributed by atoms with E-state index in [-0.39, 0.29) is 0 Å². The van der Waals surface area contributed by atoms with Crippen LogP contribution in [0.5, 0.6) is 5.75 Å². The molecule has 0 radical (unpaired) electrons. The first-order valence-corrected chi connectivity index (χ1v) is 8.83. The largest absolute Gasteiger partial charge is 0.496 e. The first-order chi connectivity index (χ1) is 11.1. The van der Waals surface area contributed by atoms with Gasteiger partial charge in [-0.2, -0.15) is 0 Å². The van der Waals surface area contributed by atoms with Gasteiger partial charge in [-0.1, -0.05) is 6.07 Å². The highest BCUT2D eigenvalue weighted by Gasteiger charge is 2.19. The lowest BCUT2D eigenvalue weighted by Gasteiger charge is -2.24. The fourth-order valence-electron chi connectivity index (χ4n) is 2.65. The molecule has 1 aliphatic rings. The van der Waals surface area contributed by atoms with Crippen molar-refractivity contribution in [3.8, 4) is 5.75 Å². The van der Waals surface area contributed by atoms with E-state index in [0.717, 1.165) is 54.5 Å². The summed E-state index contributed by atoms with van der Waals surface area (Å²) in [6.07, 6.45) is 1.13. The Kier molecular flexibility index (Phi) is 7.17. The molecular formula is C17H26BrN3O2. The van der Waals surface area contributed by atoms with Crippen LogP contribution < -0.4 is 10.1 Å². The number of ether oxygens (including phenoxy) is 2. The predicted octanol–water partition coefficient (Wildman–Crippen LogP) is 2.89. The molecule has 1 heterocycles. The summed E-state index contributed by atoms with van der Waals surface area (Å²) in [5.41, 5.74) is 1.14. The molecule has 1 aromatic rings. The van der Waals surface area contributed by atoms with Gasteiger partial charge in [0, 0.05) is 32.7 Å². The highest BCUT2D eigenvalue weighted by Crippen LogP contribution is 2.25. The van der Waals surface area contributed by atoms with E-state index in [1.807, 2.05) is 12.1 Å². The minimum atomic E-state index is 0.596. The van der Waals surface area contributed by atoms with Crippen molar-refractivity contribution in [2.45, 2.75) is 19.9 Å². The molecule has 2 rings (SSSR count). The van der Waals surface area contributed by atoms with E-state index in [4.69, 9.17) is 14.5 Å². The maximum atomic E-state index is 5.46. The van der Waals surface area contributed by atoms with Gasteiger partial charge in [-0.25, -0.2) is 4.99 Å². The number of aliphatic imine (C=N–C) groups is 1. The summed E-state index contributed by atoms with van der Waals surface area (Å²) in [5, 5.41) is 3.36. The molecule has 5 nitrogen and oxygen atoms in total. The van der Waals surface area contributed by atoms with Gasteiger partial charge >= 0.3 is 0 Å². The molecule has 23 heavy (non-hydrogen) atoms. The number of methoxy groups -OCH3 is 1. The Labute approximate surface area is 147 Å². The van der Waals surface area contributed by atoms with Gasteiger partial charge in [0.15, 0.2) is 5.96 Å². The van der Waals surface area contributed by atoms with Crippen LogP contribution in [0, 0.1) is 5.92 Å². The maximum Gasteiger partial charge on any atom is 0.193 e. The van der Waals surface area contributed by atoms with E-state index in [0.29, 0.717) is 12.5 Å². The SMILES string of the molecule is CCNC(=NCc1ccc(OC)c(Br)c1)N(C)CC1CCOC1. The van der Waals surface area contributed by atoms with Crippen LogP contribution in [0.3, 0.4) is 0 Å². The van der Waals surface area contributed by atoms with Gasteiger partial charge in [0.05, 0.1) is 24.7 Å². The molecule has 1 N–H and O–H groups in total. The summed E-state index contributed by atoms with van der Waals surface area (Å²) in [6, 6.07) is 6.06. The molecule has 128 valence electrons. The van der Waals surface area contributed by atoms with Crippen molar-refractivity contribution in [1.29, 1.82) is 0 Å². The van der Waals surface area contributed by atoms with Crippen LogP contribution in [0.1, 0.15) is 18.9 Å². The number of hydrogen-bond donors (Lipinski definition) is 1. The minimum Gasteiger partial charge on any atom is -0.496 e. The quantitative estimate of drug-likeness (QED) is 0.605. The maximum absolute atomic E-state index is 5.46. The number of nitrogens with zero attached hydrogens (tertiary/aromatic N) is 2. The van der Waals surface area contributed by atoms with E-state index < -0.39 is 0 Å². The third-order valence-corrected chi connectivity index (χ3v) is 4.50. The number of guanidine groups is 1. The van der Waals surface area contributed by atoms with Crippen molar-refractivity contribution in [3.63, 3.8) is 0 Å². The zero-order valence-corrected chi connectivity index (χ0v) is 15.7. The number of halogens is 1. The minimum absolute atomic E-state index is 0.596. The lowest BCUT2D eigenvalue weighted by atomic mass is 10.1. The zero-order valence-electron chi connectivity index (χ0n) is 14.1. The lowest BCUT2D eigenvalue weighted by molar-refractivity contribution is 0.181. The fourth-order valence-corrected chi connectivity index (χ4v) is 3.23. The predicted molar refractivity (Wildman–Crippen MR) is 97.1 cm³/mol. The summed E-state index contributed by atoms with van der Waals surface area (Å²) in [5.74, 6) is 2.37. The monoisotopic (exact) mass is 383 g/mol. The number of benzene rings is 1. The van der Waals surface area contributed by atoms with Crippen LogP contribution >= 0.6 is 15.9 Å². The van der Waals surface area contributed by atoms with E-state index in [2.05, 4.69) is 46.2 Å². The second-order valence-electron chi connectivity index (χ2n) is 5.75. The third-order valence-electron chi connectivity index (χ3n) is 3.88. The normalized spacial score (nSPS) is 18.1. The van der Waals surface area contributed by atoms with Crippen LogP contribution in [0.2, 0.25) is 0 Å². The average molecular weight is 384 g/mol. The van der Waals surface area contributed by atoms with Crippen molar-refractivity contribution in [3.05, 3.63) is 28.2 Å². The topological polar surface area (TPSA) is 46.1 Å².